The largest absolute Gasteiger partial charge is 0.0993 e. The van der Waals surface area contributed by atoms with Crippen molar-refractivity contribution in [2.45, 2.75) is 153 Å². The maximum absolute atomic E-state index is 4.21. The Morgan fingerprint density at radius 1 is 1.00 bits per heavy atom. The van der Waals surface area contributed by atoms with Crippen molar-refractivity contribution < 1.29 is 0 Å². The molecule has 0 unspecified atom stereocenters. The molecule has 1 fully saturated rings. The van der Waals surface area contributed by atoms with Gasteiger partial charge in [-0.1, -0.05) is 122 Å². The van der Waals surface area contributed by atoms with Gasteiger partial charge in [-0.2, -0.15) is 0 Å². The van der Waals surface area contributed by atoms with E-state index in [0.717, 1.165) is 18.8 Å². The van der Waals surface area contributed by atoms with Crippen LogP contribution in [0.15, 0.2) is 54.1 Å². The third-order valence-corrected chi connectivity index (χ3v) is 9.86. The van der Waals surface area contributed by atoms with E-state index in [4.69, 9.17) is 0 Å². The van der Waals surface area contributed by atoms with Crippen molar-refractivity contribution in [3.8, 4) is 11.1 Å². The van der Waals surface area contributed by atoms with Gasteiger partial charge in [0, 0.05) is 0 Å². The molecule has 0 N–H and O–H groups in total. The van der Waals surface area contributed by atoms with Crippen molar-refractivity contribution in [1.82, 2.24) is 0 Å². The third kappa shape index (κ3) is 9.20. The molecule has 0 amide bonds. The van der Waals surface area contributed by atoms with Gasteiger partial charge in [-0.25, -0.2) is 0 Å². The fraction of sp³-hybridized carbons (Fsp3) is 0.610. The lowest BCUT2D eigenvalue weighted by Gasteiger charge is -2.33. The van der Waals surface area contributed by atoms with Gasteiger partial charge in [-0.05, 0) is 135 Å². The second-order valence-corrected chi connectivity index (χ2v) is 14.2. The van der Waals surface area contributed by atoms with Gasteiger partial charge in [0.05, 0.1) is 0 Å². The molecule has 0 heteroatoms. The summed E-state index contributed by atoms with van der Waals surface area (Å²) in [5, 5.41) is 0. The summed E-state index contributed by atoms with van der Waals surface area (Å²) in [5.41, 5.74) is 14.2. The molecular formula is C41H64. The summed E-state index contributed by atoms with van der Waals surface area (Å²) in [4.78, 5) is 0. The van der Waals surface area contributed by atoms with Crippen LogP contribution in [0.2, 0.25) is 0 Å². The van der Waals surface area contributed by atoms with E-state index in [1.54, 1.807) is 16.7 Å². The van der Waals surface area contributed by atoms with Gasteiger partial charge >= 0.3 is 0 Å². The van der Waals surface area contributed by atoms with E-state index in [9.17, 15) is 0 Å². The summed E-state index contributed by atoms with van der Waals surface area (Å²) < 4.78 is 0. The Morgan fingerprint density at radius 2 is 1.59 bits per heavy atom. The molecular weight excluding hydrogens is 492 g/mol. The first-order chi connectivity index (χ1) is 19.3. The second-order valence-electron chi connectivity index (χ2n) is 14.2. The summed E-state index contributed by atoms with van der Waals surface area (Å²) in [5.74, 6) is 1.30. The Kier molecular flexibility index (Phi) is 13.2. The molecule has 0 nitrogen and oxygen atoms in total. The first-order valence-electron chi connectivity index (χ1n) is 16.8. The molecule has 228 valence electrons. The summed E-state index contributed by atoms with van der Waals surface area (Å²) in [6.45, 7) is 31.9. The van der Waals surface area contributed by atoms with Crippen molar-refractivity contribution >= 4 is 0 Å². The lowest BCUT2D eigenvalue weighted by atomic mass is 9.72. The summed E-state index contributed by atoms with van der Waals surface area (Å²) >= 11 is 0. The topological polar surface area (TPSA) is 0 Å². The minimum atomic E-state index is 0.277. The van der Waals surface area contributed by atoms with E-state index in [1.807, 2.05) is 0 Å². The van der Waals surface area contributed by atoms with Crippen LogP contribution in [0.25, 0.3) is 11.1 Å². The number of hydrogen-bond acceptors (Lipinski definition) is 0. The number of benzene rings is 2. The highest BCUT2D eigenvalue weighted by atomic mass is 14.4. The SMILES string of the molecule is C/C=C(/C)CC(C)(C)Cc1cc(C2CC2)c(-c2ccc(C)cc2)c(C)c1C(C)C.C=C(CC)C(CC)(CC)CCC. The average Bonchev–Trinajstić information content (AvgIpc) is 3.77. The van der Waals surface area contributed by atoms with E-state index in [2.05, 4.69) is 126 Å². The predicted octanol–water partition coefficient (Wildman–Crippen LogP) is 13.5. The van der Waals surface area contributed by atoms with Crippen LogP contribution in [0.5, 0.6) is 0 Å². The summed E-state index contributed by atoms with van der Waals surface area (Å²) in [6, 6.07) is 11.8. The molecule has 1 aliphatic carbocycles. The molecule has 0 bridgehead atoms. The Bertz CT molecular complexity index is 1140. The highest BCUT2D eigenvalue weighted by Crippen LogP contribution is 2.48. The van der Waals surface area contributed by atoms with Gasteiger partial charge in [-0.3, -0.25) is 0 Å². The van der Waals surface area contributed by atoms with Crippen molar-refractivity contribution in [1.29, 1.82) is 0 Å². The standard InChI is InChI=1S/C29H40.C12H24/c1-9-20(4)17-29(7,8)18-25-16-26(23-14-15-23)28(22(6)27(25)19(2)3)24-12-10-21(5)11-13-24;1-6-10-12(8-3,9-4)11(5)7-2/h9-13,16,19,23H,14-15,17-18H2,1-8H3;5-10H2,1-4H3/b20-9-;. The monoisotopic (exact) mass is 557 g/mol. The zero-order valence-electron chi connectivity index (χ0n) is 29.2. The van der Waals surface area contributed by atoms with Crippen LogP contribution in [-0.4, -0.2) is 0 Å². The van der Waals surface area contributed by atoms with E-state index in [1.165, 1.54) is 78.3 Å². The zero-order valence-corrected chi connectivity index (χ0v) is 29.2. The first kappa shape index (κ1) is 35.1. The van der Waals surface area contributed by atoms with E-state index < -0.39 is 0 Å². The Hall–Kier alpha value is -2.08. The Labute approximate surface area is 256 Å². The van der Waals surface area contributed by atoms with E-state index >= 15 is 0 Å². The number of rotatable bonds is 13. The quantitative estimate of drug-likeness (QED) is 0.215. The molecule has 0 spiro atoms. The fourth-order valence-corrected chi connectivity index (χ4v) is 7.27. The van der Waals surface area contributed by atoms with Crippen LogP contribution < -0.4 is 0 Å². The Balaban J connectivity index is 0.000000415. The maximum Gasteiger partial charge on any atom is -0.00962 e. The van der Waals surface area contributed by atoms with Crippen molar-refractivity contribution in [2.24, 2.45) is 10.8 Å². The van der Waals surface area contributed by atoms with Crippen LogP contribution in [-0.2, 0) is 6.42 Å². The highest BCUT2D eigenvalue weighted by molar-refractivity contribution is 5.75. The normalized spacial score (nSPS) is 14.2. The van der Waals surface area contributed by atoms with Crippen molar-refractivity contribution in [3.05, 3.63) is 82.0 Å². The van der Waals surface area contributed by atoms with Crippen LogP contribution in [0, 0.1) is 24.7 Å². The zero-order chi connectivity index (χ0) is 31.0. The average molecular weight is 557 g/mol. The minimum Gasteiger partial charge on any atom is -0.0993 e. The smallest absolute Gasteiger partial charge is 0.00962 e. The maximum atomic E-state index is 4.21. The Morgan fingerprint density at radius 3 is 2.02 bits per heavy atom. The summed E-state index contributed by atoms with van der Waals surface area (Å²) in [6.07, 6.45) is 13.5. The van der Waals surface area contributed by atoms with Gasteiger partial charge in [0.15, 0.2) is 0 Å². The molecule has 1 aliphatic rings. The first-order valence-corrected chi connectivity index (χ1v) is 16.8. The molecule has 0 radical (unpaired) electrons. The summed E-state index contributed by atoms with van der Waals surface area (Å²) in [7, 11) is 0. The van der Waals surface area contributed by atoms with Crippen LogP contribution in [0.3, 0.4) is 0 Å². The molecule has 0 aliphatic heterocycles. The van der Waals surface area contributed by atoms with Gasteiger partial charge in [0.25, 0.3) is 0 Å². The molecule has 0 aromatic heterocycles. The lowest BCUT2D eigenvalue weighted by molar-refractivity contribution is 0.291. The van der Waals surface area contributed by atoms with Crippen molar-refractivity contribution in [2.75, 3.05) is 0 Å². The van der Waals surface area contributed by atoms with Gasteiger partial charge < -0.3 is 0 Å². The van der Waals surface area contributed by atoms with Crippen LogP contribution >= 0.6 is 0 Å². The van der Waals surface area contributed by atoms with Gasteiger partial charge in [0.1, 0.15) is 0 Å². The fourth-order valence-electron chi connectivity index (χ4n) is 7.27. The predicted molar refractivity (Wildman–Crippen MR) is 186 cm³/mol. The van der Waals surface area contributed by atoms with E-state index in [0.29, 0.717) is 11.3 Å². The molecule has 2 aromatic carbocycles. The lowest BCUT2D eigenvalue weighted by Crippen LogP contribution is -2.20. The number of aryl methyl sites for hydroxylation is 1. The molecule has 0 heterocycles. The molecule has 1 saturated carbocycles. The molecule has 2 aromatic rings. The van der Waals surface area contributed by atoms with E-state index in [-0.39, 0.29) is 5.41 Å². The molecule has 3 rings (SSSR count). The number of allylic oxidation sites excluding steroid dienone is 3. The van der Waals surface area contributed by atoms with Gasteiger partial charge in [-0.15, -0.1) is 0 Å². The van der Waals surface area contributed by atoms with Crippen LogP contribution in [0.1, 0.15) is 160 Å². The minimum absolute atomic E-state index is 0.277. The molecule has 0 atom stereocenters. The molecule has 41 heavy (non-hydrogen) atoms. The van der Waals surface area contributed by atoms with Gasteiger partial charge in [0.2, 0.25) is 0 Å². The van der Waals surface area contributed by atoms with Crippen LogP contribution in [0.4, 0.5) is 0 Å². The second kappa shape index (κ2) is 15.4. The number of hydrogen-bond donors (Lipinski definition) is 0. The third-order valence-electron chi connectivity index (χ3n) is 9.86. The van der Waals surface area contributed by atoms with Crippen molar-refractivity contribution in [3.63, 3.8) is 0 Å². The molecule has 0 saturated heterocycles. The highest BCUT2D eigenvalue weighted by Gasteiger charge is 2.31.